The standard InChI is InChI=1S/C13H18F2N2O/c1-2-3-7-12(14,15)10-11(18)17(10)13-8-5-4-6-9(13)16-13/h4-6,8-11,16,18H,2-3,7H2,1H3/t9?,10-,11?,13?,17?/m1/s1. The topological polar surface area (TPSA) is 45.2 Å². The highest BCUT2D eigenvalue weighted by molar-refractivity contribution is 5.40. The summed E-state index contributed by atoms with van der Waals surface area (Å²) in [5.41, 5.74) is -0.561. The number of halogens is 2. The van der Waals surface area contributed by atoms with Crippen molar-refractivity contribution in [2.75, 3.05) is 0 Å². The van der Waals surface area contributed by atoms with Crippen LogP contribution in [-0.4, -0.2) is 39.9 Å². The van der Waals surface area contributed by atoms with Gasteiger partial charge in [-0.2, -0.15) is 0 Å². The first kappa shape index (κ1) is 12.3. The first-order valence-electron chi connectivity index (χ1n) is 6.51. The van der Waals surface area contributed by atoms with E-state index < -0.39 is 23.9 Å². The number of hydrogen-bond donors (Lipinski definition) is 2. The fourth-order valence-electron chi connectivity index (χ4n) is 2.90. The van der Waals surface area contributed by atoms with Gasteiger partial charge in [-0.05, 0) is 12.5 Å². The number of allylic oxidation sites excluding steroid dienone is 2. The lowest BCUT2D eigenvalue weighted by molar-refractivity contribution is -0.0288. The molecule has 2 saturated heterocycles. The van der Waals surface area contributed by atoms with E-state index in [9.17, 15) is 13.9 Å². The Labute approximate surface area is 105 Å². The summed E-state index contributed by atoms with van der Waals surface area (Å²) in [5, 5.41) is 13.0. The molecule has 18 heavy (non-hydrogen) atoms. The molecule has 2 heterocycles. The van der Waals surface area contributed by atoms with E-state index in [1.807, 2.05) is 31.2 Å². The second-order valence-electron chi connectivity index (χ2n) is 5.32. The number of nitrogens with one attached hydrogen (secondary N) is 1. The number of alkyl halides is 2. The second kappa shape index (κ2) is 3.85. The van der Waals surface area contributed by atoms with Crippen molar-refractivity contribution in [3.63, 3.8) is 0 Å². The van der Waals surface area contributed by atoms with Crippen molar-refractivity contribution in [2.45, 2.75) is 56.1 Å². The van der Waals surface area contributed by atoms with E-state index in [-0.39, 0.29) is 12.5 Å². The van der Waals surface area contributed by atoms with Crippen LogP contribution in [0.4, 0.5) is 8.78 Å². The average Bonchev–Trinajstić information content (AvgIpc) is 3.19. The maximum atomic E-state index is 14.0. The van der Waals surface area contributed by atoms with Gasteiger partial charge in [0.25, 0.3) is 5.92 Å². The van der Waals surface area contributed by atoms with Crippen LogP contribution in [0.3, 0.4) is 0 Å². The predicted molar refractivity (Wildman–Crippen MR) is 64.0 cm³/mol. The Bertz CT molecular complexity index is 410. The Morgan fingerprint density at radius 2 is 2.22 bits per heavy atom. The van der Waals surface area contributed by atoms with Gasteiger partial charge in [-0.1, -0.05) is 31.6 Å². The van der Waals surface area contributed by atoms with Gasteiger partial charge in [-0.15, -0.1) is 0 Å². The van der Waals surface area contributed by atoms with Crippen LogP contribution in [0.5, 0.6) is 0 Å². The van der Waals surface area contributed by atoms with Gasteiger partial charge in [-0.3, -0.25) is 5.32 Å². The number of nitrogens with zero attached hydrogens (tertiary/aromatic N) is 1. The van der Waals surface area contributed by atoms with Gasteiger partial charge < -0.3 is 5.11 Å². The largest absolute Gasteiger partial charge is 0.376 e. The molecular formula is C13H18F2N2O. The summed E-state index contributed by atoms with van der Waals surface area (Å²) >= 11 is 0. The van der Waals surface area contributed by atoms with Gasteiger partial charge in [0.05, 0.1) is 6.04 Å². The monoisotopic (exact) mass is 256 g/mol. The number of aliphatic hydroxyl groups excluding tert-OH is 1. The molecule has 5 atom stereocenters. The lowest BCUT2D eigenvalue weighted by Gasteiger charge is -2.19. The molecule has 4 unspecified atom stereocenters. The van der Waals surface area contributed by atoms with E-state index in [1.165, 1.54) is 4.90 Å². The molecule has 0 radical (unpaired) electrons. The van der Waals surface area contributed by atoms with E-state index in [1.54, 1.807) is 0 Å². The maximum Gasteiger partial charge on any atom is 0.267 e. The first-order chi connectivity index (χ1) is 8.53. The smallest absolute Gasteiger partial charge is 0.267 e. The summed E-state index contributed by atoms with van der Waals surface area (Å²) in [4.78, 5) is 1.49. The Balaban J connectivity index is 1.70. The van der Waals surface area contributed by atoms with Crippen molar-refractivity contribution < 1.29 is 13.9 Å². The molecule has 0 aromatic rings. The normalized spacial score (nSPS) is 44.9. The third-order valence-corrected chi connectivity index (χ3v) is 4.04. The van der Waals surface area contributed by atoms with Crippen molar-refractivity contribution >= 4 is 0 Å². The van der Waals surface area contributed by atoms with Gasteiger partial charge in [0.2, 0.25) is 0 Å². The highest BCUT2D eigenvalue weighted by Gasteiger charge is 2.73. The minimum atomic E-state index is -2.81. The summed E-state index contributed by atoms with van der Waals surface area (Å²) in [6.45, 7) is 1.89. The molecule has 3 rings (SSSR count). The summed E-state index contributed by atoms with van der Waals surface area (Å²) in [5.74, 6) is -2.81. The molecule has 5 heteroatoms. The third kappa shape index (κ3) is 1.65. The molecule has 2 aliphatic heterocycles. The molecule has 1 aliphatic carbocycles. The molecule has 0 saturated carbocycles. The van der Waals surface area contributed by atoms with E-state index in [0.717, 1.165) is 6.42 Å². The van der Waals surface area contributed by atoms with Crippen molar-refractivity contribution in [1.82, 2.24) is 10.2 Å². The van der Waals surface area contributed by atoms with Gasteiger partial charge in [0, 0.05) is 6.42 Å². The highest BCUT2D eigenvalue weighted by Crippen LogP contribution is 2.52. The van der Waals surface area contributed by atoms with Crippen molar-refractivity contribution in [2.24, 2.45) is 0 Å². The van der Waals surface area contributed by atoms with E-state index in [0.29, 0.717) is 6.42 Å². The Hall–Kier alpha value is -0.780. The zero-order valence-corrected chi connectivity index (χ0v) is 10.3. The van der Waals surface area contributed by atoms with Gasteiger partial charge in [0.1, 0.15) is 17.9 Å². The highest BCUT2D eigenvalue weighted by atomic mass is 19.3. The van der Waals surface area contributed by atoms with Gasteiger partial charge in [-0.25, -0.2) is 13.7 Å². The van der Waals surface area contributed by atoms with Crippen molar-refractivity contribution in [3.05, 3.63) is 24.3 Å². The summed E-state index contributed by atoms with van der Waals surface area (Å²) < 4.78 is 27.9. The predicted octanol–water partition coefficient (Wildman–Crippen LogP) is 1.61. The molecule has 3 aliphatic rings. The number of rotatable bonds is 5. The lowest BCUT2D eigenvalue weighted by atomic mass is 10.1. The van der Waals surface area contributed by atoms with Gasteiger partial charge in [0.15, 0.2) is 0 Å². The molecule has 0 bridgehead atoms. The van der Waals surface area contributed by atoms with E-state index in [4.69, 9.17) is 0 Å². The fourth-order valence-corrected chi connectivity index (χ4v) is 2.90. The molecule has 3 nitrogen and oxygen atoms in total. The summed E-state index contributed by atoms with van der Waals surface area (Å²) in [6.07, 6.45) is 7.57. The molecule has 0 aromatic heterocycles. The van der Waals surface area contributed by atoms with Crippen molar-refractivity contribution in [1.29, 1.82) is 0 Å². The lowest BCUT2D eigenvalue weighted by Crippen LogP contribution is -2.34. The quantitative estimate of drug-likeness (QED) is 0.735. The summed E-state index contributed by atoms with van der Waals surface area (Å²) in [7, 11) is 0. The minimum absolute atomic E-state index is 0.0594. The second-order valence-corrected chi connectivity index (χ2v) is 5.32. The number of unbranched alkanes of at least 4 members (excludes halogenated alkanes) is 1. The third-order valence-electron chi connectivity index (χ3n) is 4.04. The fraction of sp³-hybridized carbons (Fsp3) is 0.692. The van der Waals surface area contributed by atoms with Crippen LogP contribution in [0.15, 0.2) is 24.3 Å². The summed E-state index contributed by atoms with van der Waals surface area (Å²) in [6, 6.07) is -0.984. The Morgan fingerprint density at radius 1 is 1.44 bits per heavy atom. The maximum absolute atomic E-state index is 14.0. The molecule has 2 fully saturated rings. The number of hydrogen-bond acceptors (Lipinski definition) is 3. The molecule has 2 N–H and O–H groups in total. The van der Waals surface area contributed by atoms with E-state index >= 15 is 0 Å². The molecule has 0 aromatic carbocycles. The van der Waals surface area contributed by atoms with Crippen LogP contribution in [0.25, 0.3) is 0 Å². The number of aliphatic hydroxyl groups is 1. The van der Waals surface area contributed by atoms with Crippen LogP contribution in [0, 0.1) is 0 Å². The van der Waals surface area contributed by atoms with Crippen LogP contribution < -0.4 is 5.32 Å². The van der Waals surface area contributed by atoms with Crippen LogP contribution in [-0.2, 0) is 0 Å². The molecule has 100 valence electrons. The van der Waals surface area contributed by atoms with Crippen LogP contribution in [0.2, 0.25) is 0 Å². The zero-order valence-electron chi connectivity index (χ0n) is 10.3. The molecular weight excluding hydrogens is 238 g/mol. The van der Waals surface area contributed by atoms with Crippen LogP contribution >= 0.6 is 0 Å². The first-order valence-corrected chi connectivity index (χ1v) is 6.51. The Kier molecular flexibility index (Phi) is 2.63. The zero-order chi connectivity index (χ0) is 13.0. The van der Waals surface area contributed by atoms with Gasteiger partial charge >= 0.3 is 0 Å². The Morgan fingerprint density at radius 3 is 2.89 bits per heavy atom. The van der Waals surface area contributed by atoms with Crippen LogP contribution in [0.1, 0.15) is 26.2 Å². The number of fused-ring (bicyclic) bond motifs is 1. The molecule has 0 spiro atoms. The van der Waals surface area contributed by atoms with E-state index in [2.05, 4.69) is 5.32 Å². The van der Waals surface area contributed by atoms with Crippen molar-refractivity contribution in [3.8, 4) is 0 Å². The average molecular weight is 256 g/mol. The SMILES string of the molecule is CCCCC(F)(F)[C@H]1C(O)N1C12C=CC=CC1N2. The minimum Gasteiger partial charge on any atom is -0.376 e. The molecule has 0 amide bonds.